The summed E-state index contributed by atoms with van der Waals surface area (Å²) in [5.41, 5.74) is 2.07. The highest BCUT2D eigenvalue weighted by Crippen LogP contribution is 2.33. The molecule has 0 saturated heterocycles. The van der Waals surface area contributed by atoms with Crippen molar-refractivity contribution in [3.8, 4) is 17.2 Å². The Hall–Kier alpha value is -3.48. The molecule has 1 N–H and O–H groups in total. The zero-order valence-corrected chi connectivity index (χ0v) is 16.6. The van der Waals surface area contributed by atoms with E-state index in [-0.39, 0.29) is 30.9 Å². The Bertz CT molecular complexity index is 1040. The molecule has 3 aromatic rings. The van der Waals surface area contributed by atoms with Crippen LogP contribution >= 0.6 is 0 Å². The fourth-order valence-electron chi connectivity index (χ4n) is 3.31. The summed E-state index contributed by atoms with van der Waals surface area (Å²) in [7, 11) is 1.58. The van der Waals surface area contributed by atoms with Crippen molar-refractivity contribution in [1.82, 2.24) is 4.57 Å². The molecule has 0 amide bonds. The summed E-state index contributed by atoms with van der Waals surface area (Å²) in [6.45, 7) is 3.85. The smallest absolute Gasteiger partial charge is 0.340 e. The van der Waals surface area contributed by atoms with Gasteiger partial charge in [0, 0.05) is 16.8 Å². The minimum absolute atomic E-state index is 0.0117. The van der Waals surface area contributed by atoms with Gasteiger partial charge in [-0.2, -0.15) is 0 Å². The molecule has 0 aliphatic carbocycles. The molecule has 2 aromatic carbocycles. The van der Waals surface area contributed by atoms with Gasteiger partial charge in [-0.25, -0.2) is 4.79 Å². The van der Waals surface area contributed by atoms with Gasteiger partial charge >= 0.3 is 11.9 Å². The van der Waals surface area contributed by atoms with E-state index in [1.807, 2.05) is 12.1 Å². The van der Waals surface area contributed by atoms with Gasteiger partial charge in [0.15, 0.2) is 0 Å². The van der Waals surface area contributed by atoms with E-state index in [1.54, 1.807) is 43.7 Å². The Morgan fingerprint density at radius 3 is 2.31 bits per heavy atom. The molecule has 0 fully saturated rings. The summed E-state index contributed by atoms with van der Waals surface area (Å²) < 4.78 is 17.4. The number of hydrogen-bond acceptors (Lipinski definition) is 6. The van der Waals surface area contributed by atoms with Crippen LogP contribution in [0.15, 0.2) is 42.5 Å². The van der Waals surface area contributed by atoms with Gasteiger partial charge in [-0.3, -0.25) is 4.79 Å². The van der Waals surface area contributed by atoms with Gasteiger partial charge in [0.2, 0.25) is 0 Å². The number of ether oxygens (including phenoxy) is 3. The van der Waals surface area contributed by atoms with Crippen molar-refractivity contribution in [3.63, 3.8) is 0 Å². The van der Waals surface area contributed by atoms with E-state index in [2.05, 4.69) is 0 Å². The van der Waals surface area contributed by atoms with Crippen LogP contribution in [0.1, 0.15) is 29.9 Å². The summed E-state index contributed by atoms with van der Waals surface area (Å²) >= 11 is 0. The van der Waals surface area contributed by atoms with Crippen molar-refractivity contribution in [2.45, 2.75) is 20.3 Å². The molecule has 0 aliphatic heterocycles. The lowest BCUT2D eigenvalue weighted by Gasteiger charge is -2.12. The van der Waals surface area contributed by atoms with Crippen LogP contribution < -0.4 is 4.74 Å². The Labute approximate surface area is 168 Å². The van der Waals surface area contributed by atoms with Crippen LogP contribution in [-0.4, -0.2) is 41.9 Å². The number of esters is 2. The lowest BCUT2D eigenvalue weighted by molar-refractivity contribution is -0.142. The number of aromatic hydroxyl groups is 1. The van der Waals surface area contributed by atoms with Crippen LogP contribution in [0.2, 0.25) is 0 Å². The van der Waals surface area contributed by atoms with E-state index in [4.69, 9.17) is 14.2 Å². The highest BCUT2D eigenvalue weighted by molar-refractivity contribution is 6.07. The topological polar surface area (TPSA) is 87.0 Å². The molecule has 29 heavy (non-hydrogen) atoms. The van der Waals surface area contributed by atoms with Crippen LogP contribution in [0.5, 0.6) is 11.5 Å². The second-order valence-corrected chi connectivity index (χ2v) is 6.26. The highest BCUT2D eigenvalue weighted by atomic mass is 16.5. The van der Waals surface area contributed by atoms with Gasteiger partial charge in [0.1, 0.15) is 11.5 Å². The molecule has 0 bridgehead atoms. The third-order valence-electron chi connectivity index (χ3n) is 4.48. The van der Waals surface area contributed by atoms with Crippen molar-refractivity contribution in [3.05, 3.63) is 53.7 Å². The number of phenols is 1. The number of rotatable bonds is 7. The number of carbonyl (C=O) groups is 2. The first-order valence-corrected chi connectivity index (χ1v) is 9.33. The monoisotopic (exact) mass is 397 g/mol. The number of benzene rings is 2. The number of fused-ring (bicyclic) bond motifs is 1. The number of hydrogen-bond donors (Lipinski definition) is 1. The summed E-state index contributed by atoms with van der Waals surface area (Å²) in [6, 6.07) is 12.0. The first kappa shape index (κ1) is 20.3. The summed E-state index contributed by atoms with van der Waals surface area (Å²) in [5, 5.41) is 10.5. The van der Waals surface area contributed by atoms with Gasteiger partial charge in [-0.05, 0) is 56.3 Å². The predicted octanol–water partition coefficient (Wildman–Crippen LogP) is 3.63. The highest BCUT2D eigenvalue weighted by Gasteiger charge is 2.26. The summed E-state index contributed by atoms with van der Waals surface area (Å²) in [5.74, 6) is -0.326. The van der Waals surface area contributed by atoms with E-state index in [9.17, 15) is 14.7 Å². The van der Waals surface area contributed by atoms with E-state index in [1.165, 1.54) is 12.1 Å². The van der Waals surface area contributed by atoms with Gasteiger partial charge in [-0.15, -0.1) is 0 Å². The Kier molecular flexibility index (Phi) is 6.07. The molecule has 0 saturated carbocycles. The summed E-state index contributed by atoms with van der Waals surface area (Å²) in [4.78, 5) is 25.1. The van der Waals surface area contributed by atoms with Crippen molar-refractivity contribution in [1.29, 1.82) is 0 Å². The fourth-order valence-corrected chi connectivity index (χ4v) is 3.31. The van der Waals surface area contributed by atoms with Crippen LogP contribution in [0, 0.1) is 0 Å². The fraction of sp³-hybridized carbons (Fsp3) is 0.273. The van der Waals surface area contributed by atoms with Crippen molar-refractivity contribution < 1.29 is 28.9 Å². The van der Waals surface area contributed by atoms with Crippen LogP contribution in [0.25, 0.3) is 16.6 Å². The molecule has 0 radical (unpaired) electrons. The molecule has 0 aliphatic rings. The third-order valence-corrected chi connectivity index (χ3v) is 4.48. The molecular weight excluding hydrogens is 374 g/mol. The van der Waals surface area contributed by atoms with Gasteiger partial charge in [0.05, 0.1) is 37.8 Å². The molecule has 7 nitrogen and oxygen atoms in total. The van der Waals surface area contributed by atoms with Crippen molar-refractivity contribution in [2.75, 3.05) is 20.3 Å². The summed E-state index contributed by atoms with van der Waals surface area (Å²) in [6.07, 6.45) is -0.122. The van der Waals surface area contributed by atoms with Crippen molar-refractivity contribution in [2.24, 2.45) is 0 Å². The maximum atomic E-state index is 12.8. The minimum atomic E-state index is -0.560. The van der Waals surface area contributed by atoms with Crippen molar-refractivity contribution >= 4 is 22.8 Å². The largest absolute Gasteiger partial charge is 0.508 e. The number of carbonyl (C=O) groups excluding carboxylic acids is 2. The zero-order chi connectivity index (χ0) is 21.0. The Morgan fingerprint density at radius 1 is 1.00 bits per heavy atom. The molecule has 7 heteroatoms. The zero-order valence-electron chi connectivity index (χ0n) is 16.6. The van der Waals surface area contributed by atoms with Gasteiger partial charge < -0.3 is 23.9 Å². The Morgan fingerprint density at radius 2 is 1.69 bits per heavy atom. The van der Waals surface area contributed by atoms with E-state index >= 15 is 0 Å². The first-order valence-electron chi connectivity index (χ1n) is 9.33. The van der Waals surface area contributed by atoms with Gasteiger partial charge in [0.25, 0.3) is 0 Å². The molecule has 1 aromatic heterocycles. The molecule has 0 unspecified atom stereocenters. The SMILES string of the molecule is CCOC(=O)Cc1c(C(=O)OCC)c2cc(O)ccc2n1-c1ccc(OC)cc1. The Balaban J connectivity index is 2.31. The van der Waals surface area contributed by atoms with E-state index < -0.39 is 11.9 Å². The second kappa shape index (κ2) is 8.68. The second-order valence-electron chi connectivity index (χ2n) is 6.26. The van der Waals surface area contributed by atoms with E-state index in [0.717, 1.165) is 5.69 Å². The normalized spacial score (nSPS) is 10.7. The van der Waals surface area contributed by atoms with Gasteiger partial charge in [-0.1, -0.05) is 0 Å². The average Bonchev–Trinajstić information content (AvgIpc) is 3.01. The lowest BCUT2D eigenvalue weighted by atomic mass is 10.1. The number of methoxy groups -OCH3 is 1. The van der Waals surface area contributed by atoms with Crippen LogP contribution in [0.3, 0.4) is 0 Å². The average molecular weight is 397 g/mol. The number of aromatic nitrogens is 1. The molecular formula is C22H23NO6. The number of phenolic OH excluding ortho intramolecular Hbond substituents is 1. The molecule has 0 spiro atoms. The maximum Gasteiger partial charge on any atom is 0.340 e. The minimum Gasteiger partial charge on any atom is -0.508 e. The maximum absolute atomic E-state index is 12.8. The van der Waals surface area contributed by atoms with E-state index in [0.29, 0.717) is 22.3 Å². The standard InChI is InChI=1S/C22H23NO6/c1-4-28-20(25)13-19-21(22(26)29-5-2)17-12-15(24)8-11-18(17)23(19)14-6-9-16(27-3)10-7-14/h6-12,24H,4-5,13H2,1-3H3. The molecule has 3 rings (SSSR count). The third kappa shape index (κ3) is 4.03. The molecule has 1 heterocycles. The van der Waals surface area contributed by atoms with Crippen LogP contribution in [-0.2, 0) is 20.7 Å². The first-order chi connectivity index (χ1) is 14.0. The molecule has 152 valence electrons. The van der Waals surface area contributed by atoms with Crippen LogP contribution in [0.4, 0.5) is 0 Å². The molecule has 0 atom stereocenters. The number of nitrogens with zero attached hydrogens (tertiary/aromatic N) is 1. The predicted molar refractivity (Wildman–Crippen MR) is 108 cm³/mol. The quantitative estimate of drug-likeness (QED) is 0.613. The lowest BCUT2D eigenvalue weighted by Crippen LogP contribution is -2.15.